The van der Waals surface area contributed by atoms with Crippen molar-refractivity contribution in [3.05, 3.63) is 0 Å². The number of hydrogen-bond acceptors (Lipinski definition) is 3. The van der Waals surface area contributed by atoms with Gasteiger partial charge in [-0.25, -0.2) is 0 Å². The predicted octanol–water partition coefficient (Wildman–Crippen LogP) is 0.311. The van der Waals surface area contributed by atoms with Gasteiger partial charge in [0.15, 0.2) is 0 Å². The lowest BCUT2D eigenvalue weighted by atomic mass is 9.83. The van der Waals surface area contributed by atoms with E-state index < -0.39 is 0 Å². The number of rotatable bonds is 3. The zero-order chi connectivity index (χ0) is 11.5. The molecule has 92 valence electrons. The fraction of sp³-hybridized carbons (Fsp3) is 0.917. The van der Waals surface area contributed by atoms with Crippen molar-refractivity contribution < 1.29 is 4.79 Å². The van der Waals surface area contributed by atoms with E-state index in [1.54, 1.807) is 0 Å². The SMILES string of the molecule is NCC1CCCCC1N1CCC(C(N)=O)C1. The van der Waals surface area contributed by atoms with Crippen molar-refractivity contribution in [2.24, 2.45) is 23.3 Å². The van der Waals surface area contributed by atoms with Gasteiger partial charge in [-0.3, -0.25) is 9.69 Å². The Balaban J connectivity index is 1.94. The van der Waals surface area contributed by atoms with Crippen LogP contribution in [0.1, 0.15) is 32.1 Å². The molecule has 2 rings (SSSR count). The summed E-state index contributed by atoms with van der Waals surface area (Å²) in [6.45, 7) is 2.66. The minimum atomic E-state index is -0.136. The van der Waals surface area contributed by atoms with Crippen molar-refractivity contribution in [1.82, 2.24) is 4.90 Å². The molecular formula is C12H23N3O. The van der Waals surface area contributed by atoms with E-state index in [2.05, 4.69) is 4.90 Å². The predicted molar refractivity (Wildman–Crippen MR) is 63.7 cm³/mol. The maximum atomic E-state index is 11.2. The first-order chi connectivity index (χ1) is 7.72. The summed E-state index contributed by atoms with van der Waals surface area (Å²) >= 11 is 0. The summed E-state index contributed by atoms with van der Waals surface area (Å²) in [4.78, 5) is 13.6. The van der Waals surface area contributed by atoms with Crippen LogP contribution in [0.2, 0.25) is 0 Å². The molecule has 2 aliphatic rings. The van der Waals surface area contributed by atoms with Crippen LogP contribution in [0.25, 0.3) is 0 Å². The summed E-state index contributed by atoms with van der Waals surface area (Å²) in [7, 11) is 0. The van der Waals surface area contributed by atoms with Gasteiger partial charge in [-0.2, -0.15) is 0 Å². The Morgan fingerprint density at radius 2 is 2.00 bits per heavy atom. The van der Waals surface area contributed by atoms with Crippen LogP contribution >= 0.6 is 0 Å². The van der Waals surface area contributed by atoms with Crippen molar-refractivity contribution >= 4 is 5.91 Å². The molecule has 0 aromatic rings. The number of likely N-dealkylation sites (tertiary alicyclic amines) is 1. The lowest BCUT2D eigenvalue weighted by molar-refractivity contribution is -0.121. The van der Waals surface area contributed by atoms with E-state index in [4.69, 9.17) is 11.5 Å². The topological polar surface area (TPSA) is 72.3 Å². The Morgan fingerprint density at radius 3 is 2.62 bits per heavy atom. The number of carbonyl (C=O) groups excluding carboxylic acids is 1. The second-order valence-corrected chi connectivity index (χ2v) is 5.23. The molecule has 0 aromatic carbocycles. The summed E-state index contributed by atoms with van der Waals surface area (Å²) < 4.78 is 0. The van der Waals surface area contributed by atoms with Gasteiger partial charge >= 0.3 is 0 Å². The highest BCUT2D eigenvalue weighted by molar-refractivity contribution is 5.77. The summed E-state index contributed by atoms with van der Waals surface area (Å²) in [5.74, 6) is 0.559. The maximum Gasteiger partial charge on any atom is 0.221 e. The molecule has 0 spiro atoms. The van der Waals surface area contributed by atoms with Gasteiger partial charge in [0.05, 0.1) is 5.92 Å². The molecule has 1 aliphatic carbocycles. The summed E-state index contributed by atoms with van der Waals surface area (Å²) in [6, 6.07) is 0.600. The van der Waals surface area contributed by atoms with Crippen LogP contribution in [-0.2, 0) is 4.79 Å². The summed E-state index contributed by atoms with van der Waals surface area (Å²) in [5.41, 5.74) is 11.2. The Bertz CT molecular complexity index is 257. The molecule has 4 nitrogen and oxygen atoms in total. The minimum Gasteiger partial charge on any atom is -0.369 e. The van der Waals surface area contributed by atoms with Crippen LogP contribution in [0.15, 0.2) is 0 Å². The molecule has 3 atom stereocenters. The van der Waals surface area contributed by atoms with Crippen molar-refractivity contribution in [2.45, 2.75) is 38.1 Å². The van der Waals surface area contributed by atoms with Crippen molar-refractivity contribution in [2.75, 3.05) is 19.6 Å². The van der Waals surface area contributed by atoms with Gasteiger partial charge < -0.3 is 11.5 Å². The number of nitrogens with two attached hydrogens (primary N) is 2. The molecule has 0 aromatic heterocycles. The van der Waals surface area contributed by atoms with E-state index >= 15 is 0 Å². The van der Waals surface area contributed by atoms with Gasteiger partial charge in [0, 0.05) is 12.6 Å². The number of amides is 1. The lowest BCUT2D eigenvalue weighted by Gasteiger charge is -2.37. The van der Waals surface area contributed by atoms with Crippen molar-refractivity contribution in [3.63, 3.8) is 0 Å². The van der Waals surface area contributed by atoms with Gasteiger partial charge in [-0.15, -0.1) is 0 Å². The monoisotopic (exact) mass is 225 g/mol. The second-order valence-electron chi connectivity index (χ2n) is 5.23. The van der Waals surface area contributed by atoms with Crippen LogP contribution in [0, 0.1) is 11.8 Å². The van der Waals surface area contributed by atoms with E-state index in [1.807, 2.05) is 0 Å². The maximum absolute atomic E-state index is 11.2. The third kappa shape index (κ3) is 2.38. The highest BCUT2D eigenvalue weighted by atomic mass is 16.1. The zero-order valence-corrected chi connectivity index (χ0v) is 9.90. The highest BCUT2D eigenvalue weighted by Crippen LogP contribution is 2.31. The van der Waals surface area contributed by atoms with Gasteiger partial charge in [0.25, 0.3) is 0 Å². The molecule has 4 N–H and O–H groups in total. The quantitative estimate of drug-likeness (QED) is 0.726. The number of nitrogens with zero attached hydrogens (tertiary/aromatic N) is 1. The van der Waals surface area contributed by atoms with Crippen molar-refractivity contribution in [1.29, 1.82) is 0 Å². The van der Waals surface area contributed by atoms with Crippen LogP contribution in [0.3, 0.4) is 0 Å². The third-order valence-corrected chi connectivity index (χ3v) is 4.26. The van der Waals surface area contributed by atoms with E-state index in [1.165, 1.54) is 25.7 Å². The van der Waals surface area contributed by atoms with Gasteiger partial charge in [-0.05, 0) is 38.3 Å². The molecule has 1 amide bonds. The van der Waals surface area contributed by atoms with E-state index in [0.717, 1.165) is 26.1 Å². The van der Waals surface area contributed by atoms with Gasteiger partial charge in [0.2, 0.25) is 5.91 Å². The number of hydrogen-bond donors (Lipinski definition) is 2. The highest BCUT2D eigenvalue weighted by Gasteiger charge is 2.35. The summed E-state index contributed by atoms with van der Waals surface area (Å²) in [6.07, 6.45) is 6.04. The van der Waals surface area contributed by atoms with E-state index in [0.29, 0.717) is 12.0 Å². The fourth-order valence-corrected chi connectivity index (χ4v) is 3.26. The Hall–Kier alpha value is -0.610. The first kappa shape index (κ1) is 11.9. The Kier molecular flexibility index (Phi) is 3.82. The van der Waals surface area contributed by atoms with Crippen molar-refractivity contribution in [3.8, 4) is 0 Å². The second kappa shape index (κ2) is 5.15. The average molecular weight is 225 g/mol. The first-order valence-corrected chi connectivity index (χ1v) is 6.45. The van der Waals surface area contributed by atoms with Crippen LogP contribution in [-0.4, -0.2) is 36.5 Å². The molecule has 1 saturated carbocycles. The first-order valence-electron chi connectivity index (χ1n) is 6.45. The van der Waals surface area contributed by atoms with E-state index in [9.17, 15) is 4.79 Å². The number of primary amides is 1. The van der Waals surface area contributed by atoms with Crippen LogP contribution < -0.4 is 11.5 Å². The standard InChI is InChI=1S/C12H23N3O/c13-7-9-3-1-2-4-11(9)15-6-5-10(8-15)12(14)16/h9-11H,1-8,13H2,(H2,14,16). The molecular weight excluding hydrogens is 202 g/mol. The Labute approximate surface area is 97.3 Å². The van der Waals surface area contributed by atoms with Gasteiger partial charge in [0.1, 0.15) is 0 Å². The largest absolute Gasteiger partial charge is 0.369 e. The third-order valence-electron chi connectivity index (χ3n) is 4.26. The fourth-order valence-electron chi connectivity index (χ4n) is 3.26. The molecule has 4 heteroatoms. The Morgan fingerprint density at radius 1 is 1.25 bits per heavy atom. The normalized spacial score (nSPS) is 36.4. The molecule has 0 radical (unpaired) electrons. The zero-order valence-electron chi connectivity index (χ0n) is 9.90. The lowest BCUT2D eigenvalue weighted by Crippen LogP contribution is -2.44. The van der Waals surface area contributed by atoms with E-state index in [-0.39, 0.29) is 11.8 Å². The number of carbonyl (C=O) groups is 1. The minimum absolute atomic E-state index is 0.0698. The van der Waals surface area contributed by atoms with Gasteiger partial charge in [-0.1, -0.05) is 12.8 Å². The molecule has 16 heavy (non-hydrogen) atoms. The van der Waals surface area contributed by atoms with Crippen LogP contribution in [0.5, 0.6) is 0 Å². The molecule has 1 aliphatic heterocycles. The molecule has 0 bridgehead atoms. The molecule has 1 heterocycles. The smallest absolute Gasteiger partial charge is 0.221 e. The molecule has 1 saturated heterocycles. The summed E-state index contributed by atoms with van der Waals surface area (Å²) in [5, 5.41) is 0. The molecule has 2 fully saturated rings. The molecule has 3 unspecified atom stereocenters. The average Bonchev–Trinajstić information content (AvgIpc) is 2.78. The van der Waals surface area contributed by atoms with Crippen LogP contribution in [0.4, 0.5) is 0 Å².